The van der Waals surface area contributed by atoms with Gasteiger partial charge in [-0.1, -0.05) is 12.8 Å². The lowest BCUT2D eigenvalue weighted by Gasteiger charge is -2.25. The van der Waals surface area contributed by atoms with Crippen molar-refractivity contribution in [2.75, 3.05) is 53.0 Å². The van der Waals surface area contributed by atoms with Crippen molar-refractivity contribution < 1.29 is 9.53 Å². The fourth-order valence-corrected chi connectivity index (χ4v) is 3.44. The van der Waals surface area contributed by atoms with Crippen LogP contribution in [0.3, 0.4) is 0 Å². The number of aliphatic imine (C=N–C) groups is 1. The van der Waals surface area contributed by atoms with Gasteiger partial charge in [0.2, 0.25) is 5.91 Å². The Labute approximate surface area is 163 Å². The van der Waals surface area contributed by atoms with E-state index >= 15 is 0 Å². The maximum absolute atomic E-state index is 11.5. The van der Waals surface area contributed by atoms with Gasteiger partial charge in [-0.15, -0.1) is 24.0 Å². The Hall–Kier alpha value is -0.570. The third kappa shape index (κ3) is 7.13. The Bertz CT molecular complexity index is 400. The summed E-state index contributed by atoms with van der Waals surface area (Å²) in [4.78, 5) is 20.0. The maximum atomic E-state index is 11.5. The number of halogens is 1. The first kappa shape index (κ1) is 21.5. The van der Waals surface area contributed by atoms with E-state index in [-0.39, 0.29) is 29.9 Å². The average Bonchev–Trinajstić information content (AvgIpc) is 2.93. The Morgan fingerprint density at radius 3 is 2.46 bits per heavy atom. The van der Waals surface area contributed by atoms with Crippen LogP contribution >= 0.6 is 24.0 Å². The van der Waals surface area contributed by atoms with Crippen molar-refractivity contribution in [3.8, 4) is 0 Å². The van der Waals surface area contributed by atoms with Crippen molar-refractivity contribution >= 4 is 35.8 Å². The lowest BCUT2D eigenvalue weighted by atomic mass is 10.1. The maximum Gasteiger partial charge on any atom is 0.219 e. The molecule has 1 saturated carbocycles. The highest BCUT2D eigenvalue weighted by Gasteiger charge is 2.19. The van der Waals surface area contributed by atoms with Gasteiger partial charge in [0.15, 0.2) is 5.96 Å². The number of amides is 1. The highest BCUT2D eigenvalue weighted by Crippen LogP contribution is 2.24. The number of hydrogen-bond acceptors (Lipinski definition) is 3. The molecule has 2 aliphatic rings. The lowest BCUT2D eigenvalue weighted by Crippen LogP contribution is -2.44. The van der Waals surface area contributed by atoms with E-state index in [1.165, 1.54) is 25.7 Å². The first-order valence-electron chi connectivity index (χ1n) is 8.99. The SMILES string of the molecule is CN=C(NCCOCC1CCCC1)N1CCCN(C(C)=O)CC1.I. The molecule has 7 heteroatoms. The van der Waals surface area contributed by atoms with Crippen LogP contribution in [-0.4, -0.2) is 74.7 Å². The fourth-order valence-electron chi connectivity index (χ4n) is 3.44. The third-order valence-corrected chi connectivity index (χ3v) is 4.81. The van der Waals surface area contributed by atoms with Crippen LogP contribution in [0.5, 0.6) is 0 Å². The van der Waals surface area contributed by atoms with E-state index in [1.54, 1.807) is 6.92 Å². The van der Waals surface area contributed by atoms with Gasteiger partial charge in [0.1, 0.15) is 0 Å². The van der Waals surface area contributed by atoms with E-state index in [0.717, 1.165) is 64.2 Å². The third-order valence-electron chi connectivity index (χ3n) is 4.81. The molecular weight excluding hydrogens is 419 g/mol. The van der Waals surface area contributed by atoms with Crippen LogP contribution in [-0.2, 0) is 9.53 Å². The van der Waals surface area contributed by atoms with Gasteiger partial charge in [0, 0.05) is 53.3 Å². The molecule has 1 N–H and O–H groups in total. The predicted molar refractivity (Wildman–Crippen MR) is 108 cm³/mol. The van der Waals surface area contributed by atoms with Crippen molar-refractivity contribution in [2.24, 2.45) is 10.9 Å². The van der Waals surface area contributed by atoms with Crippen molar-refractivity contribution in [1.29, 1.82) is 0 Å². The number of hydrogen-bond donors (Lipinski definition) is 1. The Kier molecular flexibility index (Phi) is 10.6. The quantitative estimate of drug-likeness (QED) is 0.300. The lowest BCUT2D eigenvalue weighted by molar-refractivity contribution is -0.128. The zero-order valence-electron chi connectivity index (χ0n) is 15.1. The molecule has 0 bridgehead atoms. The average molecular weight is 452 g/mol. The molecule has 0 unspecified atom stereocenters. The summed E-state index contributed by atoms with van der Waals surface area (Å²) in [6.07, 6.45) is 6.37. The van der Waals surface area contributed by atoms with E-state index in [1.807, 2.05) is 11.9 Å². The second-order valence-corrected chi connectivity index (χ2v) is 6.55. The van der Waals surface area contributed by atoms with Crippen molar-refractivity contribution in [3.63, 3.8) is 0 Å². The van der Waals surface area contributed by atoms with E-state index < -0.39 is 0 Å². The summed E-state index contributed by atoms with van der Waals surface area (Å²) in [5, 5.41) is 3.38. The molecule has 0 aromatic carbocycles. The number of carbonyl (C=O) groups is 1. The predicted octanol–water partition coefficient (Wildman–Crippen LogP) is 1.94. The van der Waals surface area contributed by atoms with Crippen LogP contribution in [0.2, 0.25) is 0 Å². The van der Waals surface area contributed by atoms with Gasteiger partial charge >= 0.3 is 0 Å². The molecule has 2 fully saturated rings. The summed E-state index contributed by atoms with van der Waals surface area (Å²) in [6, 6.07) is 0. The molecule has 1 aliphatic carbocycles. The number of guanidine groups is 1. The van der Waals surface area contributed by atoms with Crippen LogP contribution in [0, 0.1) is 5.92 Å². The second kappa shape index (κ2) is 11.9. The highest BCUT2D eigenvalue weighted by molar-refractivity contribution is 14.0. The molecule has 0 spiro atoms. The van der Waals surface area contributed by atoms with E-state index in [2.05, 4.69) is 15.2 Å². The van der Waals surface area contributed by atoms with E-state index in [4.69, 9.17) is 4.74 Å². The van der Waals surface area contributed by atoms with Crippen LogP contribution in [0.1, 0.15) is 39.0 Å². The van der Waals surface area contributed by atoms with Crippen molar-refractivity contribution in [2.45, 2.75) is 39.0 Å². The highest BCUT2D eigenvalue weighted by atomic mass is 127. The van der Waals surface area contributed by atoms with Gasteiger partial charge in [-0.25, -0.2) is 0 Å². The van der Waals surface area contributed by atoms with Crippen LogP contribution in [0.25, 0.3) is 0 Å². The minimum atomic E-state index is 0. The summed E-state index contributed by atoms with van der Waals surface area (Å²) in [7, 11) is 1.81. The summed E-state index contributed by atoms with van der Waals surface area (Å²) in [6.45, 7) is 7.44. The first-order chi connectivity index (χ1) is 11.2. The molecule has 1 aliphatic heterocycles. The van der Waals surface area contributed by atoms with Crippen LogP contribution in [0.4, 0.5) is 0 Å². The summed E-state index contributed by atoms with van der Waals surface area (Å²) in [5.74, 6) is 1.85. The summed E-state index contributed by atoms with van der Waals surface area (Å²) >= 11 is 0. The molecule has 140 valence electrons. The molecule has 0 aromatic heterocycles. The van der Waals surface area contributed by atoms with Gasteiger partial charge < -0.3 is 19.9 Å². The normalized spacial score (nSPS) is 19.8. The first-order valence-corrected chi connectivity index (χ1v) is 8.99. The Morgan fingerprint density at radius 2 is 1.79 bits per heavy atom. The molecule has 1 heterocycles. The largest absolute Gasteiger partial charge is 0.379 e. The minimum Gasteiger partial charge on any atom is -0.379 e. The smallest absolute Gasteiger partial charge is 0.219 e. The standard InChI is InChI=1S/C17H32N4O2.HI/c1-15(22)20-9-5-10-21(12-11-20)17(18-2)19-8-13-23-14-16-6-3-4-7-16;/h16H,3-14H2,1-2H3,(H,18,19);1H. The topological polar surface area (TPSA) is 57.2 Å². The number of rotatable bonds is 5. The molecular formula is C17H33IN4O2. The zero-order valence-corrected chi connectivity index (χ0v) is 17.5. The molecule has 0 radical (unpaired) electrons. The van der Waals surface area contributed by atoms with Gasteiger partial charge in [0.05, 0.1) is 6.61 Å². The molecule has 1 amide bonds. The van der Waals surface area contributed by atoms with Crippen molar-refractivity contribution in [1.82, 2.24) is 15.1 Å². The van der Waals surface area contributed by atoms with Crippen LogP contribution in [0.15, 0.2) is 4.99 Å². The van der Waals surface area contributed by atoms with Gasteiger partial charge in [-0.05, 0) is 25.2 Å². The zero-order chi connectivity index (χ0) is 16.5. The molecule has 0 atom stereocenters. The van der Waals surface area contributed by atoms with Gasteiger partial charge in [-0.2, -0.15) is 0 Å². The number of carbonyl (C=O) groups excluding carboxylic acids is 1. The Morgan fingerprint density at radius 1 is 1.12 bits per heavy atom. The Balaban J connectivity index is 0.00000288. The second-order valence-electron chi connectivity index (χ2n) is 6.55. The molecule has 6 nitrogen and oxygen atoms in total. The van der Waals surface area contributed by atoms with E-state index in [0.29, 0.717) is 0 Å². The van der Waals surface area contributed by atoms with Crippen molar-refractivity contribution in [3.05, 3.63) is 0 Å². The number of ether oxygens (including phenoxy) is 1. The number of nitrogens with zero attached hydrogens (tertiary/aromatic N) is 3. The fraction of sp³-hybridized carbons (Fsp3) is 0.882. The molecule has 1 saturated heterocycles. The summed E-state index contributed by atoms with van der Waals surface area (Å²) in [5.41, 5.74) is 0. The monoisotopic (exact) mass is 452 g/mol. The molecule has 24 heavy (non-hydrogen) atoms. The minimum absolute atomic E-state index is 0. The van der Waals surface area contributed by atoms with E-state index in [9.17, 15) is 4.79 Å². The van der Waals surface area contributed by atoms with Gasteiger partial charge in [-0.3, -0.25) is 9.79 Å². The molecule has 0 aromatic rings. The van der Waals surface area contributed by atoms with Gasteiger partial charge in [0.25, 0.3) is 0 Å². The summed E-state index contributed by atoms with van der Waals surface area (Å²) < 4.78 is 5.78. The van der Waals surface area contributed by atoms with Crippen LogP contribution < -0.4 is 5.32 Å². The molecule has 2 rings (SSSR count). The number of nitrogens with one attached hydrogen (secondary N) is 1.